The summed E-state index contributed by atoms with van der Waals surface area (Å²) in [6, 6.07) is 18.9. The maximum absolute atomic E-state index is 12.1. The lowest BCUT2D eigenvalue weighted by atomic mass is 10.1. The van der Waals surface area contributed by atoms with Gasteiger partial charge in [0.15, 0.2) is 11.5 Å². The number of carbonyl (C=O) groups is 1. The third kappa shape index (κ3) is 2.76. The lowest BCUT2D eigenvalue weighted by molar-refractivity contribution is 0.0520. The van der Waals surface area contributed by atoms with Crippen LogP contribution in [-0.2, 0) is 4.74 Å². The van der Waals surface area contributed by atoms with Crippen LogP contribution < -0.4 is 0 Å². The number of esters is 1. The van der Waals surface area contributed by atoms with E-state index in [2.05, 4.69) is 4.98 Å². The molecule has 1 heterocycles. The first kappa shape index (κ1) is 14.1. The molecule has 0 saturated carbocycles. The first-order valence-corrected chi connectivity index (χ1v) is 7.08. The molecule has 3 aromatic rings. The summed E-state index contributed by atoms with van der Waals surface area (Å²) in [5.41, 5.74) is 1.81. The number of rotatable bonds is 4. The Morgan fingerprint density at radius 2 is 1.59 bits per heavy atom. The van der Waals surface area contributed by atoms with E-state index < -0.39 is 5.97 Å². The van der Waals surface area contributed by atoms with Gasteiger partial charge in [0.05, 0.1) is 6.61 Å². The SMILES string of the molecule is CCOC(=O)c1nc(-c2ccccc2)oc1-c1ccccc1. The van der Waals surface area contributed by atoms with Crippen LogP contribution in [0.15, 0.2) is 65.1 Å². The Kier molecular flexibility index (Phi) is 4.01. The third-order valence-corrected chi connectivity index (χ3v) is 3.15. The van der Waals surface area contributed by atoms with E-state index in [9.17, 15) is 4.79 Å². The molecule has 22 heavy (non-hydrogen) atoms. The second-order valence-electron chi connectivity index (χ2n) is 4.65. The summed E-state index contributed by atoms with van der Waals surface area (Å²) in [7, 11) is 0. The van der Waals surface area contributed by atoms with Gasteiger partial charge in [0.2, 0.25) is 5.89 Å². The van der Waals surface area contributed by atoms with E-state index in [0.29, 0.717) is 18.3 Å². The van der Waals surface area contributed by atoms with Crippen molar-refractivity contribution in [3.63, 3.8) is 0 Å². The molecule has 0 radical (unpaired) electrons. The van der Waals surface area contributed by atoms with Crippen LogP contribution >= 0.6 is 0 Å². The minimum Gasteiger partial charge on any atom is -0.461 e. The number of carbonyl (C=O) groups excluding carboxylic acids is 1. The van der Waals surface area contributed by atoms with Gasteiger partial charge in [-0.1, -0.05) is 48.5 Å². The second kappa shape index (κ2) is 6.26. The Hall–Kier alpha value is -2.88. The number of nitrogens with zero attached hydrogens (tertiary/aromatic N) is 1. The highest BCUT2D eigenvalue weighted by atomic mass is 16.5. The van der Waals surface area contributed by atoms with Crippen LogP contribution in [0.2, 0.25) is 0 Å². The van der Waals surface area contributed by atoms with Gasteiger partial charge in [-0.25, -0.2) is 9.78 Å². The highest BCUT2D eigenvalue weighted by Crippen LogP contribution is 2.30. The average Bonchev–Trinajstić information content (AvgIpc) is 3.02. The Balaban J connectivity index is 2.11. The minimum absolute atomic E-state index is 0.201. The molecule has 3 rings (SSSR count). The zero-order chi connectivity index (χ0) is 15.4. The molecular weight excluding hydrogens is 278 g/mol. The Morgan fingerprint density at radius 3 is 2.18 bits per heavy atom. The number of aromatic nitrogens is 1. The van der Waals surface area contributed by atoms with Gasteiger partial charge in [0.25, 0.3) is 0 Å². The normalized spacial score (nSPS) is 10.4. The number of benzene rings is 2. The van der Waals surface area contributed by atoms with Crippen LogP contribution in [-0.4, -0.2) is 17.6 Å². The lowest BCUT2D eigenvalue weighted by Gasteiger charge is -2.00. The fourth-order valence-electron chi connectivity index (χ4n) is 2.15. The quantitative estimate of drug-likeness (QED) is 0.677. The molecule has 0 spiro atoms. The molecular formula is C18H15NO3. The van der Waals surface area contributed by atoms with Crippen molar-refractivity contribution in [3.05, 3.63) is 66.4 Å². The predicted octanol–water partition coefficient (Wildman–Crippen LogP) is 4.19. The summed E-state index contributed by atoms with van der Waals surface area (Å²) in [5, 5.41) is 0. The van der Waals surface area contributed by atoms with E-state index in [4.69, 9.17) is 9.15 Å². The van der Waals surface area contributed by atoms with Gasteiger partial charge in [-0.15, -0.1) is 0 Å². The van der Waals surface area contributed by atoms with Gasteiger partial charge in [0.1, 0.15) is 0 Å². The molecule has 2 aromatic carbocycles. The van der Waals surface area contributed by atoms with Crippen LogP contribution in [0.25, 0.3) is 22.8 Å². The summed E-state index contributed by atoms with van der Waals surface area (Å²) in [5.74, 6) is 0.354. The first-order chi connectivity index (χ1) is 10.8. The average molecular weight is 293 g/mol. The largest absolute Gasteiger partial charge is 0.461 e. The van der Waals surface area contributed by atoms with E-state index in [-0.39, 0.29) is 5.69 Å². The van der Waals surface area contributed by atoms with Crippen molar-refractivity contribution in [2.45, 2.75) is 6.92 Å². The highest BCUT2D eigenvalue weighted by molar-refractivity contribution is 5.94. The van der Waals surface area contributed by atoms with E-state index >= 15 is 0 Å². The summed E-state index contributed by atoms with van der Waals surface area (Å²) in [6.45, 7) is 2.05. The molecule has 4 nitrogen and oxygen atoms in total. The Morgan fingerprint density at radius 1 is 1.00 bits per heavy atom. The van der Waals surface area contributed by atoms with Crippen LogP contribution in [0.3, 0.4) is 0 Å². The van der Waals surface area contributed by atoms with Gasteiger partial charge < -0.3 is 9.15 Å². The first-order valence-electron chi connectivity index (χ1n) is 7.08. The zero-order valence-corrected chi connectivity index (χ0v) is 12.2. The molecule has 0 bridgehead atoms. The van der Waals surface area contributed by atoms with Gasteiger partial charge in [-0.3, -0.25) is 0 Å². The standard InChI is InChI=1S/C18H15NO3/c1-2-21-18(20)15-16(13-9-5-3-6-10-13)22-17(19-15)14-11-7-4-8-12-14/h3-12H,2H2,1H3. The van der Waals surface area contributed by atoms with Crippen LogP contribution in [0, 0.1) is 0 Å². The topological polar surface area (TPSA) is 52.3 Å². The number of hydrogen-bond donors (Lipinski definition) is 0. The van der Waals surface area contributed by atoms with Crippen molar-refractivity contribution in [1.29, 1.82) is 0 Å². The second-order valence-corrected chi connectivity index (χ2v) is 4.65. The van der Waals surface area contributed by atoms with Crippen molar-refractivity contribution in [2.75, 3.05) is 6.61 Å². The smallest absolute Gasteiger partial charge is 0.361 e. The molecule has 4 heteroatoms. The van der Waals surface area contributed by atoms with Gasteiger partial charge in [-0.2, -0.15) is 0 Å². The van der Waals surface area contributed by atoms with Crippen molar-refractivity contribution >= 4 is 5.97 Å². The Labute approximate surface area is 128 Å². The molecule has 0 N–H and O–H groups in total. The fourth-order valence-corrected chi connectivity index (χ4v) is 2.15. The molecule has 1 aromatic heterocycles. The van der Waals surface area contributed by atoms with Crippen molar-refractivity contribution in [1.82, 2.24) is 4.98 Å². The molecule has 0 aliphatic carbocycles. The van der Waals surface area contributed by atoms with E-state index in [0.717, 1.165) is 11.1 Å². The fraction of sp³-hybridized carbons (Fsp3) is 0.111. The maximum Gasteiger partial charge on any atom is 0.361 e. The van der Waals surface area contributed by atoms with E-state index in [1.54, 1.807) is 6.92 Å². The number of oxazole rings is 1. The maximum atomic E-state index is 12.1. The molecule has 0 fully saturated rings. The van der Waals surface area contributed by atoms with E-state index in [1.165, 1.54) is 0 Å². The molecule has 0 atom stereocenters. The predicted molar refractivity (Wildman–Crippen MR) is 83.3 cm³/mol. The molecule has 0 aliphatic heterocycles. The van der Waals surface area contributed by atoms with Crippen LogP contribution in [0.4, 0.5) is 0 Å². The molecule has 0 aliphatic rings. The van der Waals surface area contributed by atoms with E-state index in [1.807, 2.05) is 60.7 Å². The van der Waals surface area contributed by atoms with Crippen molar-refractivity contribution in [2.24, 2.45) is 0 Å². The summed E-state index contributed by atoms with van der Waals surface area (Å²) in [6.07, 6.45) is 0. The number of hydrogen-bond acceptors (Lipinski definition) is 4. The van der Waals surface area contributed by atoms with Gasteiger partial charge in [0, 0.05) is 11.1 Å². The van der Waals surface area contributed by atoms with Crippen LogP contribution in [0.5, 0.6) is 0 Å². The summed E-state index contributed by atoms with van der Waals surface area (Å²) < 4.78 is 10.9. The summed E-state index contributed by atoms with van der Waals surface area (Å²) in [4.78, 5) is 16.5. The third-order valence-electron chi connectivity index (χ3n) is 3.15. The molecule has 0 unspecified atom stereocenters. The Bertz CT molecular complexity index is 764. The highest BCUT2D eigenvalue weighted by Gasteiger charge is 2.23. The van der Waals surface area contributed by atoms with Crippen LogP contribution in [0.1, 0.15) is 17.4 Å². The monoisotopic (exact) mass is 293 g/mol. The molecule has 0 saturated heterocycles. The number of ether oxygens (including phenoxy) is 1. The van der Waals surface area contributed by atoms with Crippen molar-refractivity contribution in [3.8, 4) is 22.8 Å². The van der Waals surface area contributed by atoms with Crippen molar-refractivity contribution < 1.29 is 13.9 Å². The van der Waals surface area contributed by atoms with Gasteiger partial charge in [-0.05, 0) is 19.1 Å². The molecule has 0 amide bonds. The summed E-state index contributed by atoms with van der Waals surface area (Å²) >= 11 is 0. The zero-order valence-electron chi connectivity index (χ0n) is 12.2. The van der Waals surface area contributed by atoms with Gasteiger partial charge >= 0.3 is 5.97 Å². The minimum atomic E-state index is -0.479. The molecule has 110 valence electrons. The lowest BCUT2D eigenvalue weighted by Crippen LogP contribution is -2.06.